The summed E-state index contributed by atoms with van der Waals surface area (Å²) in [5.41, 5.74) is 6.48. The van der Waals surface area contributed by atoms with Crippen molar-refractivity contribution in [3.05, 3.63) is 41.0 Å². The molecule has 51 nitrogen and oxygen atoms in total. The Morgan fingerprint density at radius 2 is 0.605 bits per heavy atom. The molecule has 3 saturated heterocycles. The van der Waals surface area contributed by atoms with Gasteiger partial charge in [0.2, 0.25) is 93.9 Å². The fourth-order valence-corrected chi connectivity index (χ4v) is 14.0. The first-order valence-electron chi connectivity index (χ1n) is 49.0. The monoisotopic (exact) mass is 2130 g/mol. The van der Waals surface area contributed by atoms with Crippen LogP contribution in [0.5, 0.6) is 5.75 Å². The number of esters is 1. The number of aliphatic hydroxyl groups is 9. The lowest BCUT2D eigenvalue weighted by atomic mass is 9.97. The average molecular weight is 2130 g/mol. The number of amides is 10. The first-order valence-corrected chi connectivity index (χ1v) is 49.0. The molecule has 4 rings (SSSR count). The van der Waals surface area contributed by atoms with Crippen molar-refractivity contribution < 1.29 is 206 Å². The summed E-state index contributed by atoms with van der Waals surface area (Å²) in [6.45, 7) is 4.76. The summed E-state index contributed by atoms with van der Waals surface area (Å²) in [5.74, 6) is -18.7. The minimum Gasteiger partial charge on any atom is -0.420 e. The lowest BCUT2D eigenvalue weighted by Gasteiger charge is -2.42. The molecule has 844 valence electrons. The maximum absolute atomic E-state index is 14.2. The Kier molecular flexibility index (Phi) is 69.5. The minimum absolute atomic E-state index is 0.0154. The van der Waals surface area contributed by atoms with Gasteiger partial charge in [0.1, 0.15) is 78.6 Å². The molecule has 0 unspecified atom stereocenters. The number of hydrogen-bond acceptors (Lipinski definition) is 41. The standard InChI is InChI=1S/C91H152F5N13O38/c1-58(113)105-78-84(127)81(124)62(52-110)144-88(78)141-29-7-4-13-65(116)99-22-10-25-102-68(119)18-32-138-55-91(56-139-33-19-69(120)103-26-11-23-100-66(117)14-5-8-30-142-89-79(106-59(2)114)85(128)82(125)63(53-111)145-89,57-140-34-20-70(121)104-27-12-24-101-67(118)15-6-9-31-143-90-80(107-60(3)115)86(129)83(126)64(54-112)146-90)108-71(122)17-16-61(109-97)51-98-28-36-131-38-40-133-42-44-135-46-48-137-50-49-136-47-45-134-43-41-132-39-37-130-35-21-72(123)147-87-76(95)74(93)73(92)75(94)77(87)96/h51,62-64,78-86,88-90,97-98,110-112,124-129H,4-50,52-57H2,1-3H3,(H,99,116)(H,100,117)(H,101,118)(H,102,119)(H,103,120)(H,104,121)(H,105,113)(H,106,114)(H,107,115)(H,108,122)/b61-51-,109-97?/t62-,63-,64-,78-,79-,80-,81+,82+,83+,84-,85-,86-,88-,89-,90-/m1/s1. The number of benzene rings is 1. The third-order valence-corrected chi connectivity index (χ3v) is 21.8. The molecule has 3 aliphatic heterocycles. The Labute approximate surface area is 848 Å². The number of aliphatic hydroxyl groups excluding tert-OH is 9. The third-order valence-electron chi connectivity index (χ3n) is 21.8. The van der Waals surface area contributed by atoms with E-state index in [2.05, 4.69) is 68.3 Å². The largest absolute Gasteiger partial charge is 0.420 e. The molecular formula is C91H152F5N13O38. The molecule has 1 aromatic rings. The van der Waals surface area contributed by atoms with E-state index in [1.807, 2.05) is 0 Å². The summed E-state index contributed by atoms with van der Waals surface area (Å²) in [7, 11) is 0. The summed E-state index contributed by atoms with van der Waals surface area (Å²) in [6, 6.07) is -3.37. The summed E-state index contributed by atoms with van der Waals surface area (Å²) in [5, 5.41) is 125. The zero-order valence-electron chi connectivity index (χ0n) is 83.4. The van der Waals surface area contributed by atoms with Crippen LogP contribution in [0.3, 0.4) is 0 Å². The number of ether oxygens (including phenoxy) is 18. The van der Waals surface area contributed by atoms with Crippen LogP contribution >= 0.6 is 0 Å². The van der Waals surface area contributed by atoms with Gasteiger partial charge in [-0.3, -0.25) is 52.7 Å². The van der Waals surface area contributed by atoms with Crippen LogP contribution in [0.2, 0.25) is 0 Å². The van der Waals surface area contributed by atoms with Crippen LogP contribution in [0.4, 0.5) is 22.0 Å². The number of nitrogens with zero attached hydrogens (tertiary/aromatic N) is 1. The van der Waals surface area contributed by atoms with Gasteiger partial charge in [-0.15, -0.1) is 0 Å². The topological polar surface area (TPSA) is 705 Å². The molecule has 3 heterocycles. The number of allylic oxidation sites excluding steroid dienone is 1. The van der Waals surface area contributed by atoms with Crippen LogP contribution in [0.25, 0.3) is 0 Å². The molecule has 0 bridgehead atoms. The second kappa shape index (κ2) is 78.3. The van der Waals surface area contributed by atoms with Crippen molar-refractivity contribution in [2.24, 2.45) is 5.11 Å². The highest BCUT2D eigenvalue weighted by molar-refractivity contribution is 5.79. The number of carbonyl (C=O) groups excluding carboxylic acids is 11. The summed E-state index contributed by atoms with van der Waals surface area (Å²) >= 11 is 0. The lowest BCUT2D eigenvalue weighted by Crippen LogP contribution is -2.64. The first kappa shape index (κ1) is 130. The van der Waals surface area contributed by atoms with E-state index < -0.39 is 206 Å². The number of unbranched alkanes of at least 4 members (excludes halogenated alkanes) is 3. The zero-order chi connectivity index (χ0) is 108. The molecule has 56 heteroatoms. The van der Waals surface area contributed by atoms with Gasteiger partial charge < -0.3 is 190 Å². The van der Waals surface area contributed by atoms with Crippen molar-refractivity contribution in [3.8, 4) is 5.75 Å². The van der Waals surface area contributed by atoms with Gasteiger partial charge in [0, 0.05) is 144 Å². The maximum atomic E-state index is 14.2. The molecule has 0 aliphatic carbocycles. The zero-order valence-corrected chi connectivity index (χ0v) is 83.4. The van der Waals surface area contributed by atoms with E-state index in [0.717, 1.165) is 0 Å². The Bertz CT molecular complexity index is 3720. The molecule has 15 atom stereocenters. The number of carbonyl (C=O) groups is 11. The van der Waals surface area contributed by atoms with Crippen LogP contribution in [-0.2, 0) is 133 Å². The predicted molar refractivity (Wildman–Crippen MR) is 498 cm³/mol. The third kappa shape index (κ3) is 55.7. The SMILES string of the molecule is CC(=O)N[C@H]1[C@H](OCCCCC(=O)NCCCNC(=O)CCOCC(COCCC(=O)NCCCNC(=O)CCCCO[C@@H]2O[C@H](CO)[C@H](O)[C@H](O)[C@H]2NC(C)=O)(COCCC(=O)NCCCNC(=O)CCCCO[C@@H]2O[C@H](CO)[C@H](O)[C@H](O)[C@H]2NC(C)=O)NC(=O)CC/C(=C/NCCOCCOCCOCCOCCOCCOCCOCCOCCC(=O)Oc2c(F)c(F)c(F)c(F)c2F)N=N)O[C@H](CO)[C@H](O)[C@@H]1O. The lowest BCUT2D eigenvalue weighted by molar-refractivity contribution is -0.270. The van der Waals surface area contributed by atoms with Gasteiger partial charge in [-0.25, -0.2) is 18.7 Å². The number of rotatable bonds is 85. The summed E-state index contributed by atoms with van der Waals surface area (Å²) in [6.07, 6.45) is -12.5. The molecule has 0 saturated carbocycles. The van der Waals surface area contributed by atoms with Crippen molar-refractivity contribution in [1.82, 2.24) is 58.5 Å². The molecule has 10 amide bonds. The fourth-order valence-electron chi connectivity index (χ4n) is 14.0. The maximum Gasteiger partial charge on any atom is 0.313 e. The van der Waals surface area contributed by atoms with E-state index in [4.69, 9.17) is 86.1 Å². The van der Waals surface area contributed by atoms with Gasteiger partial charge in [0.05, 0.1) is 177 Å². The van der Waals surface area contributed by atoms with E-state index in [-0.39, 0.29) is 259 Å². The Morgan fingerprint density at radius 3 is 0.898 bits per heavy atom. The smallest absolute Gasteiger partial charge is 0.313 e. The predicted octanol–water partition coefficient (Wildman–Crippen LogP) is -4.61. The van der Waals surface area contributed by atoms with E-state index in [0.29, 0.717) is 84.2 Å². The summed E-state index contributed by atoms with van der Waals surface area (Å²) < 4.78 is 167. The second-order valence-corrected chi connectivity index (χ2v) is 33.9. The van der Waals surface area contributed by atoms with Crippen molar-refractivity contribution in [1.29, 1.82) is 5.53 Å². The molecule has 0 radical (unpaired) electrons. The van der Waals surface area contributed by atoms with Crippen molar-refractivity contribution in [2.75, 3.05) is 231 Å². The van der Waals surface area contributed by atoms with Crippen molar-refractivity contribution in [3.63, 3.8) is 0 Å². The van der Waals surface area contributed by atoms with E-state index in [1.54, 1.807) is 0 Å². The van der Waals surface area contributed by atoms with E-state index >= 15 is 0 Å². The van der Waals surface area contributed by atoms with Gasteiger partial charge in [-0.1, -0.05) is 0 Å². The van der Waals surface area contributed by atoms with Gasteiger partial charge in [0.25, 0.3) is 0 Å². The van der Waals surface area contributed by atoms with E-state index in [9.17, 15) is 121 Å². The highest BCUT2D eigenvalue weighted by Gasteiger charge is 2.49. The second-order valence-electron chi connectivity index (χ2n) is 33.9. The van der Waals surface area contributed by atoms with E-state index in [1.165, 1.54) is 27.0 Å². The molecule has 3 aliphatic rings. The number of hydrogen-bond donors (Lipinski definition) is 21. The average Bonchev–Trinajstić information content (AvgIpc) is 0.858. The van der Waals surface area contributed by atoms with Gasteiger partial charge >= 0.3 is 5.97 Å². The normalized spacial score (nSPS) is 21.0. The van der Waals surface area contributed by atoms with Crippen molar-refractivity contribution in [2.45, 2.75) is 234 Å². The Hall–Kier alpha value is -8.86. The van der Waals surface area contributed by atoms with Crippen molar-refractivity contribution >= 4 is 65.0 Å². The van der Waals surface area contributed by atoms with Crippen LogP contribution in [-0.4, -0.2) is 439 Å². The summed E-state index contributed by atoms with van der Waals surface area (Å²) in [4.78, 5) is 139. The molecule has 1 aromatic carbocycles. The molecule has 3 fully saturated rings. The highest BCUT2D eigenvalue weighted by Crippen LogP contribution is 2.31. The van der Waals surface area contributed by atoms with Crippen LogP contribution < -0.4 is 63.2 Å². The van der Waals surface area contributed by atoms with Crippen LogP contribution in [0, 0.1) is 34.6 Å². The highest BCUT2D eigenvalue weighted by atomic mass is 19.2. The molecule has 0 aromatic heterocycles. The number of nitrogens with one attached hydrogen (secondary N) is 12. The van der Waals surface area contributed by atoms with Gasteiger partial charge in [0.15, 0.2) is 18.9 Å². The minimum atomic E-state index is -2.39. The quantitative estimate of drug-likeness (QED) is 0.00555. The van der Waals surface area contributed by atoms with Gasteiger partial charge in [-0.2, -0.15) is 13.9 Å². The van der Waals surface area contributed by atoms with Crippen LogP contribution in [0.1, 0.15) is 136 Å². The fraction of sp³-hybridized carbons (Fsp3) is 0.791. The molecule has 21 N–H and O–H groups in total. The van der Waals surface area contributed by atoms with Crippen LogP contribution in [0.15, 0.2) is 17.0 Å². The van der Waals surface area contributed by atoms with Gasteiger partial charge in [-0.05, 0) is 57.8 Å². The molecule has 0 spiro atoms. The Morgan fingerprint density at radius 1 is 0.327 bits per heavy atom. The number of halogens is 5. The Balaban J connectivity index is 1.25. The molecule has 147 heavy (non-hydrogen) atoms. The first-order chi connectivity index (χ1) is 70.7. The molecular weight excluding hydrogens is 1980 g/mol.